The highest BCUT2D eigenvalue weighted by molar-refractivity contribution is 5.88. The van der Waals surface area contributed by atoms with Gasteiger partial charge in [-0.2, -0.15) is 5.10 Å². The number of nitrogens with zero attached hydrogens (tertiary/aromatic N) is 1. The maximum absolute atomic E-state index is 11.2. The van der Waals surface area contributed by atoms with Crippen LogP contribution in [-0.4, -0.2) is 22.3 Å². The number of nitrogens with one attached hydrogen (secondary N) is 3. The predicted molar refractivity (Wildman–Crippen MR) is 55.3 cm³/mol. The SMILES string of the molecule is CCc1cc(NC(=O)NC(C)C)n[nH]1. The zero-order valence-corrected chi connectivity index (χ0v) is 8.72. The molecular weight excluding hydrogens is 180 g/mol. The maximum Gasteiger partial charge on any atom is 0.320 e. The Labute approximate surface area is 83.3 Å². The molecule has 0 aliphatic carbocycles. The lowest BCUT2D eigenvalue weighted by molar-refractivity contribution is 0.250. The van der Waals surface area contributed by atoms with Crippen LogP contribution < -0.4 is 10.6 Å². The molecule has 1 heterocycles. The van der Waals surface area contributed by atoms with Gasteiger partial charge in [0, 0.05) is 17.8 Å². The number of amides is 2. The van der Waals surface area contributed by atoms with Crippen LogP contribution in [0.2, 0.25) is 0 Å². The number of aromatic amines is 1. The molecule has 0 saturated carbocycles. The van der Waals surface area contributed by atoms with Gasteiger partial charge in [0.1, 0.15) is 0 Å². The molecule has 1 aromatic rings. The molecule has 0 spiro atoms. The smallest absolute Gasteiger partial charge is 0.320 e. The summed E-state index contributed by atoms with van der Waals surface area (Å²) in [6.07, 6.45) is 0.875. The molecule has 0 fully saturated rings. The van der Waals surface area contributed by atoms with Gasteiger partial charge in [-0.25, -0.2) is 4.79 Å². The molecule has 5 nitrogen and oxygen atoms in total. The summed E-state index contributed by atoms with van der Waals surface area (Å²) in [6, 6.07) is 1.72. The third kappa shape index (κ3) is 3.08. The third-order valence-corrected chi connectivity index (χ3v) is 1.67. The highest BCUT2D eigenvalue weighted by Gasteiger charge is 2.05. The van der Waals surface area contributed by atoms with E-state index in [0.29, 0.717) is 5.82 Å². The number of aromatic nitrogens is 2. The van der Waals surface area contributed by atoms with E-state index in [4.69, 9.17) is 0 Å². The van der Waals surface area contributed by atoms with Crippen LogP contribution in [-0.2, 0) is 6.42 Å². The second kappa shape index (κ2) is 4.64. The number of anilines is 1. The van der Waals surface area contributed by atoms with Crippen molar-refractivity contribution in [3.63, 3.8) is 0 Å². The summed E-state index contributed by atoms with van der Waals surface area (Å²) in [4.78, 5) is 11.2. The van der Waals surface area contributed by atoms with Crippen molar-refractivity contribution in [1.29, 1.82) is 0 Å². The number of rotatable bonds is 3. The minimum absolute atomic E-state index is 0.125. The summed E-state index contributed by atoms with van der Waals surface area (Å²) >= 11 is 0. The molecule has 1 rings (SSSR count). The van der Waals surface area contributed by atoms with Crippen molar-refractivity contribution in [1.82, 2.24) is 15.5 Å². The Kier molecular flexibility index (Phi) is 3.50. The Morgan fingerprint density at radius 2 is 2.36 bits per heavy atom. The average Bonchev–Trinajstić information content (AvgIpc) is 2.50. The van der Waals surface area contributed by atoms with E-state index in [2.05, 4.69) is 20.8 Å². The van der Waals surface area contributed by atoms with Crippen LogP contribution in [0.4, 0.5) is 10.6 Å². The van der Waals surface area contributed by atoms with Crippen LogP contribution in [0.1, 0.15) is 26.5 Å². The van der Waals surface area contributed by atoms with Gasteiger partial charge in [0.05, 0.1) is 0 Å². The van der Waals surface area contributed by atoms with Gasteiger partial charge in [0.25, 0.3) is 0 Å². The lowest BCUT2D eigenvalue weighted by Crippen LogP contribution is -2.34. The highest BCUT2D eigenvalue weighted by Crippen LogP contribution is 2.05. The number of aryl methyl sites for hydroxylation is 1. The summed E-state index contributed by atoms with van der Waals surface area (Å²) in [5.74, 6) is 0.556. The average molecular weight is 196 g/mol. The molecule has 0 aromatic carbocycles. The lowest BCUT2D eigenvalue weighted by Gasteiger charge is -2.07. The Balaban J connectivity index is 2.47. The molecule has 0 aliphatic rings. The molecule has 1 aromatic heterocycles. The molecule has 2 amide bonds. The minimum atomic E-state index is -0.228. The topological polar surface area (TPSA) is 69.8 Å². The zero-order chi connectivity index (χ0) is 10.6. The fraction of sp³-hybridized carbons (Fsp3) is 0.556. The molecule has 3 N–H and O–H groups in total. The lowest BCUT2D eigenvalue weighted by atomic mass is 10.3. The van der Waals surface area contributed by atoms with E-state index in [-0.39, 0.29) is 12.1 Å². The van der Waals surface area contributed by atoms with E-state index >= 15 is 0 Å². The van der Waals surface area contributed by atoms with E-state index in [1.807, 2.05) is 26.8 Å². The largest absolute Gasteiger partial charge is 0.336 e. The monoisotopic (exact) mass is 196 g/mol. The summed E-state index contributed by atoms with van der Waals surface area (Å²) in [6.45, 7) is 5.83. The van der Waals surface area contributed by atoms with Crippen LogP contribution in [0.15, 0.2) is 6.07 Å². The van der Waals surface area contributed by atoms with E-state index in [9.17, 15) is 4.79 Å². The molecule has 0 unspecified atom stereocenters. The second-order valence-corrected chi connectivity index (χ2v) is 3.39. The molecule has 0 aliphatic heterocycles. The first kappa shape index (κ1) is 10.6. The molecule has 0 bridgehead atoms. The minimum Gasteiger partial charge on any atom is -0.336 e. The van der Waals surface area contributed by atoms with Crippen molar-refractivity contribution in [2.24, 2.45) is 0 Å². The van der Waals surface area contributed by atoms with Crippen molar-refractivity contribution >= 4 is 11.8 Å². The highest BCUT2D eigenvalue weighted by atomic mass is 16.2. The van der Waals surface area contributed by atoms with Gasteiger partial charge in [-0.15, -0.1) is 0 Å². The third-order valence-electron chi connectivity index (χ3n) is 1.67. The van der Waals surface area contributed by atoms with Crippen molar-refractivity contribution < 1.29 is 4.79 Å². The first-order chi connectivity index (χ1) is 6.61. The normalized spacial score (nSPS) is 10.3. The van der Waals surface area contributed by atoms with Crippen LogP contribution in [0.25, 0.3) is 0 Å². The summed E-state index contributed by atoms with van der Waals surface area (Å²) < 4.78 is 0. The Bertz CT molecular complexity index is 306. The van der Waals surface area contributed by atoms with E-state index < -0.39 is 0 Å². The Hall–Kier alpha value is -1.52. The van der Waals surface area contributed by atoms with Crippen LogP contribution in [0.3, 0.4) is 0 Å². The number of carbonyl (C=O) groups is 1. The number of H-pyrrole nitrogens is 1. The van der Waals surface area contributed by atoms with Gasteiger partial charge in [0.15, 0.2) is 5.82 Å². The second-order valence-electron chi connectivity index (χ2n) is 3.39. The quantitative estimate of drug-likeness (QED) is 0.685. The van der Waals surface area contributed by atoms with Gasteiger partial charge in [-0.05, 0) is 20.3 Å². The van der Waals surface area contributed by atoms with Crippen molar-refractivity contribution in [2.45, 2.75) is 33.2 Å². The van der Waals surface area contributed by atoms with Gasteiger partial charge in [-0.3, -0.25) is 10.4 Å². The molecule has 0 saturated heterocycles. The molecule has 0 radical (unpaired) electrons. The number of hydrogen-bond donors (Lipinski definition) is 3. The van der Waals surface area contributed by atoms with E-state index in [1.165, 1.54) is 0 Å². The van der Waals surface area contributed by atoms with Gasteiger partial charge in [0.2, 0.25) is 0 Å². The zero-order valence-electron chi connectivity index (χ0n) is 8.72. The van der Waals surface area contributed by atoms with Crippen molar-refractivity contribution in [3.05, 3.63) is 11.8 Å². The van der Waals surface area contributed by atoms with Gasteiger partial charge < -0.3 is 5.32 Å². The van der Waals surface area contributed by atoms with E-state index in [0.717, 1.165) is 12.1 Å². The summed E-state index contributed by atoms with van der Waals surface area (Å²) in [5.41, 5.74) is 1.00. The number of urea groups is 1. The maximum atomic E-state index is 11.2. The van der Waals surface area contributed by atoms with Gasteiger partial charge >= 0.3 is 6.03 Å². The standard InChI is InChI=1S/C9H16N4O/c1-4-7-5-8(13-12-7)11-9(14)10-6(2)3/h5-6H,4H2,1-3H3,(H3,10,11,12,13,14). The summed E-state index contributed by atoms with van der Waals surface area (Å²) in [7, 11) is 0. The van der Waals surface area contributed by atoms with Crippen LogP contribution in [0, 0.1) is 0 Å². The van der Waals surface area contributed by atoms with Gasteiger partial charge in [-0.1, -0.05) is 6.92 Å². The van der Waals surface area contributed by atoms with Crippen molar-refractivity contribution in [3.8, 4) is 0 Å². The predicted octanol–water partition coefficient (Wildman–Crippen LogP) is 1.50. The fourth-order valence-electron chi connectivity index (χ4n) is 1.02. The number of hydrogen-bond acceptors (Lipinski definition) is 2. The molecule has 5 heteroatoms. The number of carbonyl (C=O) groups excluding carboxylic acids is 1. The molecule has 14 heavy (non-hydrogen) atoms. The molecule has 0 atom stereocenters. The molecular formula is C9H16N4O. The Morgan fingerprint density at radius 3 is 2.86 bits per heavy atom. The summed E-state index contributed by atoms with van der Waals surface area (Å²) in [5, 5.41) is 12.1. The van der Waals surface area contributed by atoms with Crippen LogP contribution >= 0.6 is 0 Å². The first-order valence-corrected chi connectivity index (χ1v) is 4.73. The van der Waals surface area contributed by atoms with Crippen molar-refractivity contribution in [2.75, 3.05) is 5.32 Å². The van der Waals surface area contributed by atoms with Crippen LogP contribution in [0.5, 0.6) is 0 Å². The Morgan fingerprint density at radius 1 is 1.64 bits per heavy atom. The first-order valence-electron chi connectivity index (χ1n) is 4.73. The van der Waals surface area contributed by atoms with E-state index in [1.54, 1.807) is 0 Å². The fourth-order valence-corrected chi connectivity index (χ4v) is 1.02. The molecule has 78 valence electrons.